The Morgan fingerprint density at radius 1 is 1.31 bits per heavy atom. The lowest BCUT2D eigenvalue weighted by molar-refractivity contribution is -0.128. The summed E-state index contributed by atoms with van der Waals surface area (Å²) in [5.74, 6) is 0.249. The van der Waals surface area contributed by atoms with E-state index in [9.17, 15) is 9.59 Å². The van der Waals surface area contributed by atoms with Gasteiger partial charge in [0.05, 0.1) is 6.61 Å². The molecule has 1 aromatic rings. The molecule has 2 aliphatic rings. The van der Waals surface area contributed by atoms with Crippen LogP contribution in [0, 0.1) is 12.8 Å². The van der Waals surface area contributed by atoms with Crippen molar-refractivity contribution < 1.29 is 14.3 Å². The molecule has 26 heavy (non-hydrogen) atoms. The van der Waals surface area contributed by atoms with Crippen LogP contribution >= 0.6 is 0 Å². The van der Waals surface area contributed by atoms with Crippen LogP contribution in [0.4, 0.5) is 0 Å². The zero-order chi connectivity index (χ0) is 18.9. The van der Waals surface area contributed by atoms with Gasteiger partial charge in [-0.1, -0.05) is 31.5 Å². The maximum absolute atomic E-state index is 13.5. The highest BCUT2D eigenvalue weighted by atomic mass is 16.5. The number of carbonyl (C=O) groups excluding carboxylic acids is 2. The fourth-order valence-corrected chi connectivity index (χ4v) is 4.33. The number of hydrogen-bond acceptors (Lipinski definition) is 3. The number of amides is 2. The van der Waals surface area contributed by atoms with Crippen LogP contribution in [0.3, 0.4) is 0 Å². The topological polar surface area (TPSA) is 58.6 Å². The average molecular weight is 358 g/mol. The first-order chi connectivity index (χ1) is 12.3. The third kappa shape index (κ3) is 3.50. The molecule has 1 spiro atoms. The fourth-order valence-electron chi connectivity index (χ4n) is 4.33. The van der Waals surface area contributed by atoms with Crippen molar-refractivity contribution in [1.29, 1.82) is 0 Å². The Labute approximate surface area is 156 Å². The maximum Gasteiger partial charge on any atom is 0.257 e. The molecule has 1 saturated heterocycles. The van der Waals surface area contributed by atoms with Gasteiger partial charge in [0.1, 0.15) is 11.8 Å². The van der Waals surface area contributed by atoms with Crippen molar-refractivity contribution in [2.45, 2.75) is 71.2 Å². The highest BCUT2D eigenvalue weighted by Crippen LogP contribution is 2.43. The van der Waals surface area contributed by atoms with Crippen molar-refractivity contribution in [3.63, 3.8) is 0 Å². The maximum atomic E-state index is 13.5. The van der Waals surface area contributed by atoms with E-state index in [0.29, 0.717) is 11.5 Å². The summed E-state index contributed by atoms with van der Waals surface area (Å²) in [5, 5.41) is 2.96. The van der Waals surface area contributed by atoms with E-state index in [1.807, 2.05) is 45.0 Å². The number of benzene rings is 1. The van der Waals surface area contributed by atoms with Gasteiger partial charge >= 0.3 is 0 Å². The van der Waals surface area contributed by atoms with Gasteiger partial charge < -0.3 is 10.1 Å². The van der Waals surface area contributed by atoms with Crippen molar-refractivity contribution >= 4 is 11.8 Å². The number of nitrogens with one attached hydrogen (secondary N) is 1. The monoisotopic (exact) mass is 358 g/mol. The summed E-state index contributed by atoms with van der Waals surface area (Å²) in [6, 6.07) is 7.02. The van der Waals surface area contributed by atoms with E-state index in [-0.39, 0.29) is 24.5 Å². The highest BCUT2D eigenvalue weighted by Gasteiger charge is 2.54. The molecule has 3 atom stereocenters. The largest absolute Gasteiger partial charge is 0.353 e. The van der Waals surface area contributed by atoms with E-state index in [0.717, 1.165) is 31.2 Å². The molecular weight excluding hydrogens is 328 g/mol. The lowest BCUT2D eigenvalue weighted by atomic mass is 9.82. The smallest absolute Gasteiger partial charge is 0.257 e. The molecule has 0 unspecified atom stereocenters. The zero-order valence-electron chi connectivity index (χ0n) is 16.2. The second-order valence-electron chi connectivity index (χ2n) is 8.13. The molecule has 1 aliphatic heterocycles. The first-order valence-corrected chi connectivity index (χ1v) is 9.68. The predicted octanol–water partition coefficient (Wildman–Crippen LogP) is 3.27. The van der Waals surface area contributed by atoms with Crippen molar-refractivity contribution in [2.24, 2.45) is 5.92 Å². The molecule has 1 saturated carbocycles. The van der Waals surface area contributed by atoms with E-state index in [1.165, 1.54) is 0 Å². The Balaban J connectivity index is 1.98. The van der Waals surface area contributed by atoms with Gasteiger partial charge in [0, 0.05) is 11.6 Å². The molecular formula is C21H30N2O3. The molecule has 2 amide bonds. The summed E-state index contributed by atoms with van der Waals surface area (Å²) in [4.78, 5) is 28.1. The van der Waals surface area contributed by atoms with Crippen LogP contribution in [-0.2, 0) is 9.53 Å². The van der Waals surface area contributed by atoms with Crippen molar-refractivity contribution in [1.82, 2.24) is 10.2 Å². The highest BCUT2D eigenvalue weighted by molar-refractivity contribution is 5.99. The Kier molecular flexibility index (Phi) is 5.37. The minimum Gasteiger partial charge on any atom is -0.353 e. The normalized spacial score (nSPS) is 28.6. The van der Waals surface area contributed by atoms with Crippen molar-refractivity contribution in [3.05, 3.63) is 35.4 Å². The third-order valence-corrected chi connectivity index (χ3v) is 5.52. The molecule has 1 heterocycles. The van der Waals surface area contributed by atoms with Gasteiger partial charge in [-0.3, -0.25) is 14.5 Å². The van der Waals surface area contributed by atoms with Crippen LogP contribution in [0.15, 0.2) is 24.3 Å². The number of nitrogens with zero attached hydrogens (tertiary/aromatic N) is 1. The Morgan fingerprint density at radius 2 is 2.04 bits per heavy atom. The molecule has 1 aromatic carbocycles. The first-order valence-electron chi connectivity index (χ1n) is 9.68. The molecule has 2 fully saturated rings. The van der Waals surface area contributed by atoms with Gasteiger partial charge in [0.2, 0.25) is 5.91 Å². The summed E-state index contributed by atoms with van der Waals surface area (Å²) >= 11 is 0. The Morgan fingerprint density at radius 3 is 2.69 bits per heavy atom. The number of hydrogen-bond donors (Lipinski definition) is 1. The molecule has 0 radical (unpaired) electrons. The van der Waals surface area contributed by atoms with Gasteiger partial charge in [0.15, 0.2) is 0 Å². The summed E-state index contributed by atoms with van der Waals surface area (Å²) in [6.07, 6.45) is 3.73. The summed E-state index contributed by atoms with van der Waals surface area (Å²) < 4.78 is 6.21. The first kappa shape index (κ1) is 18.9. The van der Waals surface area contributed by atoms with Gasteiger partial charge in [-0.2, -0.15) is 0 Å². The second-order valence-corrected chi connectivity index (χ2v) is 8.13. The van der Waals surface area contributed by atoms with Crippen LogP contribution in [0.2, 0.25) is 0 Å². The SMILES string of the molecule is Cc1ccccc1C(=O)N1[C@H](C(=O)NC(C)C)CO[C@@]12CCC[C@H](C)C2. The molecule has 1 aliphatic carbocycles. The van der Waals surface area contributed by atoms with Crippen molar-refractivity contribution in [2.75, 3.05) is 6.61 Å². The van der Waals surface area contributed by atoms with Gasteiger partial charge in [-0.25, -0.2) is 0 Å². The Bertz CT molecular complexity index is 688. The molecule has 142 valence electrons. The van der Waals surface area contributed by atoms with E-state index in [2.05, 4.69) is 12.2 Å². The third-order valence-electron chi connectivity index (χ3n) is 5.52. The molecule has 5 heteroatoms. The summed E-state index contributed by atoms with van der Waals surface area (Å²) in [7, 11) is 0. The Hall–Kier alpha value is -1.88. The van der Waals surface area contributed by atoms with E-state index in [1.54, 1.807) is 4.90 Å². The fraction of sp³-hybridized carbons (Fsp3) is 0.619. The van der Waals surface area contributed by atoms with Crippen molar-refractivity contribution in [3.8, 4) is 0 Å². The molecule has 3 rings (SSSR count). The minimum atomic E-state index is -0.657. The molecule has 1 N–H and O–H groups in total. The van der Waals surface area contributed by atoms with E-state index in [4.69, 9.17) is 4.74 Å². The summed E-state index contributed by atoms with van der Waals surface area (Å²) in [5.41, 5.74) is 0.917. The lowest BCUT2D eigenvalue weighted by Gasteiger charge is -2.43. The lowest BCUT2D eigenvalue weighted by Crippen LogP contribution is -2.57. The second kappa shape index (κ2) is 7.39. The summed E-state index contributed by atoms with van der Waals surface area (Å²) in [6.45, 7) is 8.26. The van der Waals surface area contributed by atoms with Gasteiger partial charge in [0.25, 0.3) is 5.91 Å². The number of rotatable bonds is 3. The molecule has 5 nitrogen and oxygen atoms in total. The van der Waals surface area contributed by atoms with Gasteiger partial charge in [-0.05, 0) is 57.6 Å². The number of aryl methyl sites for hydroxylation is 1. The van der Waals surface area contributed by atoms with Crippen LogP contribution < -0.4 is 5.32 Å². The van der Waals surface area contributed by atoms with Crippen LogP contribution in [0.1, 0.15) is 62.4 Å². The van der Waals surface area contributed by atoms with Gasteiger partial charge in [-0.15, -0.1) is 0 Å². The molecule has 0 aromatic heterocycles. The number of carbonyl (C=O) groups is 2. The average Bonchev–Trinajstić information content (AvgIpc) is 2.92. The van der Waals surface area contributed by atoms with Crippen LogP contribution in [0.5, 0.6) is 0 Å². The van der Waals surface area contributed by atoms with E-state index >= 15 is 0 Å². The zero-order valence-corrected chi connectivity index (χ0v) is 16.2. The van der Waals surface area contributed by atoms with E-state index < -0.39 is 11.8 Å². The standard InChI is InChI=1S/C21H30N2O3/c1-14(2)22-19(24)18-13-26-21(11-7-8-15(3)12-21)23(18)20(25)17-10-6-5-9-16(17)4/h5-6,9-10,14-15,18H,7-8,11-13H2,1-4H3,(H,22,24)/t15-,18-,21+/m0/s1. The van der Waals surface area contributed by atoms with Crippen LogP contribution in [-0.4, -0.2) is 41.1 Å². The predicted molar refractivity (Wildman–Crippen MR) is 101 cm³/mol. The quantitative estimate of drug-likeness (QED) is 0.902. The van der Waals surface area contributed by atoms with Crippen LogP contribution in [0.25, 0.3) is 0 Å². The minimum absolute atomic E-state index is 0.0275. The molecule has 0 bridgehead atoms. The number of ether oxygens (including phenoxy) is 1.